The molecule has 1 saturated carbocycles. The zero-order chi connectivity index (χ0) is 13.5. The van der Waals surface area contributed by atoms with Crippen molar-refractivity contribution in [3.8, 4) is 0 Å². The lowest BCUT2D eigenvalue weighted by molar-refractivity contribution is 0.445. The van der Waals surface area contributed by atoms with Gasteiger partial charge in [0.25, 0.3) is 0 Å². The number of hydrogen-bond donors (Lipinski definition) is 0. The molecular weight excluding hydrogens is 338 g/mol. The first kappa shape index (κ1) is 14.3. The molecule has 0 aromatic heterocycles. The van der Waals surface area contributed by atoms with Crippen molar-refractivity contribution in [2.75, 3.05) is 13.6 Å². The van der Waals surface area contributed by atoms with Crippen LogP contribution in [0.25, 0.3) is 0 Å². The average molecular weight is 353 g/mol. The summed E-state index contributed by atoms with van der Waals surface area (Å²) >= 11 is 9.27. The third-order valence-corrected chi connectivity index (χ3v) is 6.15. The van der Waals surface area contributed by atoms with E-state index in [1.54, 1.807) is 19.2 Å². The molecule has 18 heavy (non-hydrogen) atoms. The third kappa shape index (κ3) is 2.90. The van der Waals surface area contributed by atoms with Gasteiger partial charge in [0.15, 0.2) is 0 Å². The van der Waals surface area contributed by atoms with Crippen LogP contribution in [0.1, 0.15) is 13.3 Å². The molecule has 1 aliphatic rings. The van der Waals surface area contributed by atoms with E-state index in [1.165, 1.54) is 10.4 Å². The van der Waals surface area contributed by atoms with Crippen LogP contribution in [-0.2, 0) is 10.0 Å². The Morgan fingerprint density at radius 3 is 2.61 bits per heavy atom. The van der Waals surface area contributed by atoms with Gasteiger partial charge in [0.2, 0.25) is 10.0 Å². The van der Waals surface area contributed by atoms with Crippen LogP contribution in [0.4, 0.5) is 0 Å². The minimum Gasteiger partial charge on any atom is -0.207 e. The SMILES string of the molecule is CC1CC1CN(C)S(=O)(=O)c1ccc(Br)cc1Cl. The molecule has 6 heteroatoms. The molecule has 0 N–H and O–H groups in total. The van der Waals surface area contributed by atoms with Gasteiger partial charge in [-0.25, -0.2) is 12.7 Å². The molecule has 1 aliphatic carbocycles. The summed E-state index contributed by atoms with van der Waals surface area (Å²) in [4.78, 5) is 0.170. The van der Waals surface area contributed by atoms with E-state index in [9.17, 15) is 8.42 Å². The zero-order valence-corrected chi connectivity index (χ0v) is 13.4. The van der Waals surface area contributed by atoms with Crippen molar-refractivity contribution in [3.63, 3.8) is 0 Å². The number of hydrogen-bond acceptors (Lipinski definition) is 2. The molecule has 0 heterocycles. The average Bonchev–Trinajstić information content (AvgIpc) is 2.93. The van der Waals surface area contributed by atoms with Crippen LogP contribution in [0.2, 0.25) is 5.02 Å². The minimum atomic E-state index is -3.48. The second kappa shape index (κ2) is 5.12. The lowest BCUT2D eigenvalue weighted by Crippen LogP contribution is -2.29. The van der Waals surface area contributed by atoms with Crippen molar-refractivity contribution in [3.05, 3.63) is 27.7 Å². The van der Waals surface area contributed by atoms with Gasteiger partial charge in [-0.2, -0.15) is 0 Å². The summed E-state index contributed by atoms with van der Waals surface area (Å²) in [7, 11) is -1.87. The van der Waals surface area contributed by atoms with Crippen LogP contribution < -0.4 is 0 Å². The van der Waals surface area contributed by atoms with Gasteiger partial charge in [0.1, 0.15) is 4.90 Å². The molecule has 2 atom stereocenters. The second-order valence-corrected chi connectivity index (χ2v) is 8.17. The van der Waals surface area contributed by atoms with Crippen LogP contribution in [-0.4, -0.2) is 26.3 Å². The first-order valence-corrected chi connectivity index (χ1v) is 8.35. The predicted molar refractivity (Wildman–Crippen MR) is 76.2 cm³/mol. The molecule has 0 spiro atoms. The monoisotopic (exact) mass is 351 g/mol. The van der Waals surface area contributed by atoms with Crippen molar-refractivity contribution in [1.29, 1.82) is 0 Å². The van der Waals surface area contributed by atoms with Gasteiger partial charge in [-0.15, -0.1) is 0 Å². The van der Waals surface area contributed by atoms with E-state index in [0.717, 1.165) is 10.9 Å². The highest BCUT2D eigenvalue weighted by Crippen LogP contribution is 2.39. The lowest BCUT2D eigenvalue weighted by atomic mass is 10.3. The largest absolute Gasteiger partial charge is 0.244 e. The number of benzene rings is 1. The topological polar surface area (TPSA) is 37.4 Å². The van der Waals surface area contributed by atoms with Gasteiger partial charge in [-0.1, -0.05) is 34.5 Å². The molecule has 0 aliphatic heterocycles. The molecule has 0 bridgehead atoms. The van der Waals surface area contributed by atoms with E-state index in [2.05, 4.69) is 22.9 Å². The summed E-state index contributed by atoms with van der Waals surface area (Å²) in [6, 6.07) is 4.82. The van der Waals surface area contributed by atoms with Crippen molar-refractivity contribution in [1.82, 2.24) is 4.31 Å². The van der Waals surface area contributed by atoms with E-state index in [0.29, 0.717) is 18.4 Å². The normalized spacial score (nSPS) is 23.4. The summed E-state index contributed by atoms with van der Waals surface area (Å²) in [6.45, 7) is 2.70. The highest BCUT2D eigenvalue weighted by Gasteiger charge is 2.36. The molecule has 1 fully saturated rings. The Balaban J connectivity index is 2.24. The van der Waals surface area contributed by atoms with Gasteiger partial charge in [-0.05, 0) is 36.5 Å². The maximum atomic E-state index is 12.4. The van der Waals surface area contributed by atoms with Crippen molar-refractivity contribution in [2.45, 2.75) is 18.2 Å². The summed E-state index contributed by atoms with van der Waals surface area (Å²) in [5.41, 5.74) is 0. The van der Waals surface area contributed by atoms with Crippen molar-refractivity contribution < 1.29 is 8.42 Å². The van der Waals surface area contributed by atoms with Crippen molar-refractivity contribution >= 4 is 37.6 Å². The minimum absolute atomic E-state index is 0.170. The van der Waals surface area contributed by atoms with Gasteiger partial charge in [0, 0.05) is 18.1 Å². The molecule has 2 rings (SSSR count). The highest BCUT2D eigenvalue weighted by molar-refractivity contribution is 9.10. The molecule has 2 unspecified atom stereocenters. The third-order valence-electron chi connectivity index (χ3n) is 3.35. The van der Waals surface area contributed by atoms with E-state index >= 15 is 0 Å². The Morgan fingerprint density at radius 2 is 2.11 bits per heavy atom. The molecule has 3 nitrogen and oxygen atoms in total. The molecular formula is C12H15BrClNO2S. The van der Waals surface area contributed by atoms with Crippen LogP contribution in [0.15, 0.2) is 27.6 Å². The fraction of sp³-hybridized carbons (Fsp3) is 0.500. The molecule has 1 aromatic carbocycles. The van der Waals surface area contributed by atoms with Gasteiger partial charge in [0.05, 0.1) is 5.02 Å². The Kier molecular flexibility index (Phi) is 4.07. The smallest absolute Gasteiger partial charge is 0.207 e. The first-order chi connectivity index (χ1) is 8.32. The Labute approximate surface area is 121 Å². The lowest BCUT2D eigenvalue weighted by Gasteiger charge is -2.18. The quantitative estimate of drug-likeness (QED) is 0.833. The van der Waals surface area contributed by atoms with E-state index < -0.39 is 10.0 Å². The van der Waals surface area contributed by atoms with E-state index in [1.807, 2.05) is 0 Å². The Bertz CT molecular complexity index is 561. The van der Waals surface area contributed by atoms with E-state index in [4.69, 9.17) is 11.6 Å². The molecule has 100 valence electrons. The summed E-state index contributed by atoms with van der Waals surface area (Å²) in [5.74, 6) is 1.11. The summed E-state index contributed by atoms with van der Waals surface area (Å²) < 4.78 is 26.9. The zero-order valence-electron chi connectivity index (χ0n) is 10.2. The first-order valence-electron chi connectivity index (χ1n) is 5.73. The molecule has 0 saturated heterocycles. The fourth-order valence-corrected chi connectivity index (χ4v) is 4.17. The summed E-state index contributed by atoms with van der Waals surface area (Å²) in [5, 5.41) is 0.250. The Hall–Kier alpha value is -0.100. The maximum absolute atomic E-state index is 12.4. The predicted octanol–water partition coefficient (Wildman–Crippen LogP) is 3.38. The fourth-order valence-electron chi connectivity index (χ4n) is 1.93. The van der Waals surface area contributed by atoms with E-state index in [-0.39, 0.29) is 9.92 Å². The van der Waals surface area contributed by atoms with Gasteiger partial charge >= 0.3 is 0 Å². The number of rotatable bonds is 4. The van der Waals surface area contributed by atoms with Crippen LogP contribution in [0.5, 0.6) is 0 Å². The molecule has 1 aromatic rings. The maximum Gasteiger partial charge on any atom is 0.244 e. The molecule has 0 radical (unpaired) electrons. The standard InChI is InChI=1S/C12H15BrClNO2S/c1-8-5-9(8)7-15(2)18(16,17)12-4-3-10(13)6-11(12)14/h3-4,6,8-9H,5,7H2,1-2H3. The van der Waals surface area contributed by atoms with Crippen LogP contribution >= 0.6 is 27.5 Å². The highest BCUT2D eigenvalue weighted by atomic mass is 79.9. The number of nitrogens with zero attached hydrogens (tertiary/aromatic N) is 1. The van der Waals surface area contributed by atoms with Crippen LogP contribution in [0, 0.1) is 11.8 Å². The Morgan fingerprint density at radius 1 is 1.50 bits per heavy atom. The number of sulfonamides is 1. The second-order valence-electron chi connectivity index (χ2n) is 4.83. The van der Waals surface area contributed by atoms with Gasteiger partial charge in [-0.3, -0.25) is 0 Å². The van der Waals surface area contributed by atoms with Gasteiger partial charge < -0.3 is 0 Å². The van der Waals surface area contributed by atoms with Crippen molar-refractivity contribution in [2.24, 2.45) is 11.8 Å². The van der Waals surface area contributed by atoms with Crippen LogP contribution in [0.3, 0.4) is 0 Å². The molecule has 0 amide bonds. The summed E-state index contributed by atoms with van der Waals surface area (Å²) in [6.07, 6.45) is 1.11. The number of halogens is 2.